The van der Waals surface area contributed by atoms with Crippen molar-refractivity contribution in [2.24, 2.45) is 0 Å². The van der Waals surface area contributed by atoms with Crippen LogP contribution in [0.5, 0.6) is 5.75 Å². The minimum Gasteiger partial charge on any atom is -0.506 e. The lowest BCUT2D eigenvalue weighted by Crippen LogP contribution is -2.13. The Labute approximate surface area is 152 Å². The Morgan fingerprint density at radius 3 is 2.19 bits per heavy atom. The number of phenols is 1. The number of carbonyl (C=O) groups is 1. The van der Waals surface area contributed by atoms with Gasteiger partial charge >= 0.3 is 0 Å². The number of aromatic hydroxyl groups is 1. The van der Waals surface area contributed by atoms with E-state index in [2.05, 4.69) is 5.32 Å². The van der Waals surface area contributed by atoms with E-state index in [1.54, 1.807) is 0 Å². The molecular weight excluding hydrogens is 378 g/mol. The molecule has 0 aromatic heterocycles. The largest absolute Gasteiger partial charge is 0.506 e. The lowest BCUT2D eigenvalue weighted by molar-refractivity contribution is 0.102. The van der Waals surface area contributed by atoms with Crippen LogP contribution in [0.1, 0.15) is 22.8 Å². The van der Waals surface area contributed by atoms with E-state index in [0.717, 1.165) is 6.26 Å². The van der Waals surface area contributed by atoms with Crippen molar-refractivity contribution >= 4 is 31.3 Å². The van der Waals surface area contributed by atoms with Gasteiger partial charge in [0.15, 0.2) is 19.7 Å². The fraction of sp³-hybridized carbons (Fsp3) is 0.235. The van der Waals surface area contributed by atoms with Crippen LogP contribution in [0.2, 0.25) is 0 Å². The summed E-state index contributed by atoms with van der Waals surface area (Å²) >= 11 is 0. The highest BCUT2D eigenvalue weighted by atomic mass is 32.2. The van der Waals surface area contributed by atoms with Crippen molar-refractivity contribution in [1.29, 1.82) is 0 Å². The number of rotatable bonds is 6. The molecule has 0 heterocycles. The Bertz CT molecular complexity index is 1030. The molecule has 2 rings (SSSR count). The maximum Gasteiger partial charge on any atom is 0.255 e. The minimum absolute atomic E-state index is 0.00315. The number of amides is 1. The molecule has 0 fully saturated rings. The van der Waals surface area contributed by atoms with Crippen LogP contribution in [0.15, 0.2) is 47.4 Å². The molecule has 0 spiro atoms. The molecular formula is C17H19NO6S2. The van der Waals surface area contributed by atoms with Gasteiger partial charge in [-0.1, -0.05) is 19.1 Å². The Hall–Kier alpha value is -2.39. The quantitative estimate of drug-likeness (QED) is 0.720. The van der Waals surface area contributed by atoms with E-state index in [4.69, 9.17) is 0 Å². The number of hydrogen-bond acceptors (Lipinski definition) is 6. The molecule has 0 unspecified atom stereocenters. The molecule has 0 atom stereocenters. The highest BCUT2D eigenvalue weighted by Crippen LogP contribution is 2.27. The fourth-order valence-corrected chi connectivity index (χ4v) is 3.93. The van der Waals surface area contributed by atoms with Gasteiger partial charge in [0.05, 0.1) is 22.1 Å². The van der Waals surface area contributed by atoms with Crippen molar-refractivity contribution in [2.75, 3.05) is 17.3 Å². The third-order valence-corrected chi connectivity index (χ3v) is 6.19. The van der Waals surface area contributed by atoms with Gasteiger partial charge < -0.3 is 10.4 Å². The number of hydrogen-bond donors (Lipinski definition) is 2. The molecule has 0 saturated heterocycles. The highest BCUT2D eigenvalue weighted by molar-refractivity contribution is 7.91. The Morgan fingerprint density at radius 2 is 1.65 bits per heavy atom. The summed E-state index contributed by atoms with van der Waals surface area (Å²) in [7, 11) is -6.66. The number of phenolic OH excluding ortho intramolecular Hbond substituents is 1. The molecule has 2 N–H and O–H groups in total. The molecule has 2 aromatic carbocycles. The smallest absolute Gasteiger partial charge is 0.255 e. The van der Waals surface area contributed by atoms with Crippen molar-refractivity contribution in [3.05, 3.63) is 53.6 Å². The number of anilines is 1. The Kier molecular flexibility index (Phi) is 5.72. The predicted octanol–water partition coefficient (Wildman–Crippen LogP) is 1.98. The molecule has 0 radical (unpaired) electrons. The average Bonchev–Trinajstić information content (AvgIpc) is 2.55. The van der Waals surface area contributed by atoms with Crippen LogP contribution >= 0.6 is 0 Å². The third kappa shape index (κ3) is 5.06. The van der Waals surface area contributed by atoms with Crippen molar-refractivity contribution < 1.29 is 26.7 Å². The summed E-state index contributed by atoms with van der Waals surface area (Å²) in [6.07, 6.45) is 1.12. The van der Waals surface area contributed by atoms with Gasteiger partial charge in [-0.15, -0.1) is 0 Å². The summed E-state index contributed by atoms with van der Waals surface area (Å²) < 4.78 is 46.4. The van der Waals surface area contributed by atoms with E-state index in [-0.39, 0.29) is 33.4 Å². The number of nitrogens with one attached hydrogen (secondary N) is 1. The molecule has 0 bridgehead atoms. The van der Waals surface area contributed by atoms with Gasteiger partial charge in [-0.05, 0) is 35.9 Å². The molecule has 26 heavy (non-hydrogen) atoms. The summed E-state index contributed by atoms with van der Waals surface area (Å²) in [4.78, 5) is 12.3. The summed E-state index contributed by atoms with van der Waals surface area (Å²) in [5.41, 5.74) is 0.762. The van der Waals surface area contributed by atoms with Gasteiger partial charge in [-0.3, -0.25) is 4.79 Å². The van der Waals surface area contributed by atoms with Crippen molar-refractivity contribution in [3.63, 3.8) is 0 Å². The van der Waals surface area contributed by atoms with Crippen molar-refractivity contribution in [1.82, 2.24) is 0 Å². The van der Waals surface area contributed by atoms with E-state index in [0.29, 0.717) is 5.56 Å². The minimum atomic E-state index is -3.48. The number of carbonyl (C=O) groups excluding carboxylic acids is 1. The molecule has 7 nitrogen and oxygen atoms in total. The van der Waals surface area contributed by atoms with E-state index < -0.39 is 25.6 Å². The molecule has 140 valence electrons. The van der Waals surface area contributed by atoms with Gasteiger partial charge in [-0.2, -0.15) is 0 Å². The van der Waals surface area contributed by atoms with Gasteiger partial charge in [-0.25, -0.2) is 16.8 Å². The molecule has 2 aromatic rings. The van der Waals surface area contributed by atoms with Crippen LogP contribution in [-0.2, 0) is 25.4 Å². The first-order chi connectivity index (χ1) is 12.0. The summed E-state index contributed by atoms with van der Waals surface area (Å²) in [5.74, 6) is -1.06. The van der Waals surface area contributed by atoms with Crippen LogP contribution in [0.3, 0.4) is 0 Å². The van der Waals surface area contributed by atoms with E-state index in [1.807, 2.05) is 0 Å². The zero-order valence-electron chi connectivity index (χ0n) is 14.3. The van der Waals surface area contributed by atoms with Crippen LogP contribution in [0, 0.1) is 0 Å². The number of sulfone groups is 2. The van der Waals surface area contributed by atoms with E-state index in [1.165, 1.54) is 49.4 Å². The predicted molar refractivity (Wildman–Crippen MR) is 98.8 cm³/mol. The molecule has 0 aliphatic carbocycles. The number of benzene rings is 2. The summed E-state index contributed by atoms with van der Waals surface area (Å²) in [6.45, 7) is 1.50. The van der Waals surface area contributed by atoms with Crippen molar-refractivity contribution in [3.8, 4) is 5.75 Å². The van der Waals surface area contributed by atoms with Crippen LogP contribution in [0.4, 0.5) is 5.69 Å². The maximum atomic E-state index is 12.3. The second-order valence-corrected chi connectivity index (χ2v) is 10.2. The molecule has 0 aliphatic heterocycles. The SMILES string of the molecule is CCS(=O)(=O)c1ccc(O)c(NC(=O)c2ccc(CS(C)(=O)=O)cc2)c1. The zero-order chi connectivity index (χ0) is 19.5. The summed E-state index contributed by atoms with van der Waals surface area (Å²) in [6, 6.07) is 9.63. The maximum absolute atomic E-state index is 12.3. The first-order valence-electron chi connectivity index (χ1n) is 7.65. The van der Waals surface area contributed by atoms with Crippen LogP contribution < -0.4 is 5.32 Å². The van der Waals surface area contributed by atoms with E-state index in [9.17, 15) is 26.7 Å². The van der Waals surface area contributed by atoms with Crippen LogP contribution in [-0.4, -0.2) is 39.9 Å². The highest BCUT2D eigenvalue weighted by Gasteiger charge is 2.16. The average molecular weight is 397 g/mol. The topological polar surface area (TPSA) is 118 Å². The van der Waals surface area contributed by atoms with Crippen LogP contribution in [0.25, 0.3) is 0 Å². The first-order valence-corrected chi connectivity index (χ1v) is 11.4. The normalized spacial score (nSPS) is 11.9. The second kappa shape index (κ2) is 7.46. The monoisotopic (exact) mass is 397 g/mol. The van der Waals surface area contributed by atoms with E-state index >= 15 is 0 Å². The van der Waals surface area contributed by atoms with Gasteiger partial charge in [0.2, 0.25) is 0 Å². The standard InChI is InChI=1S/C17H19NO6S2/c1-3-26(23,24)14-8-9-16(19)15(10-14)18-17(20)13-6-4-12(5-7-13)11-25(2,21)22/h4-10,19H,3,11H2,1-2H3,(H,18,20). The summed E-state index contributed by atoms with van der Waals surface area (Å²) in [5, 5.41) is 12.3. The first kappa shape index (κ1) is 19.9. The zero-order valence-corrected chi connectivity index (χ0v) is 15.9. The molecule has 0 aliphatic rings. The molecule has 1 amide bonds. The second-order valence-electron chi connectivity index (χ2n) is 5.80. The third-order valence-electron chi connectivity index (χ3n) is 3.60. The van der Waals surface area contributed by atoms with Gasteiger partial charge in [0, 0.05) is 11.8 Å². The van der Waals surface area contributed by atoms with Gasteiger partial charge in [0.1, 0.15) is 5.75 Å². The Balaban J connectivity index is 2.23. The lowest BCUT2D eigenvalue weighted by Gasteiger charge is -2.10. The Morgan fingerprint density at radius 1 is 1.04 bits per heavy atom. The molecule has 0 saturated carbocycles. The van der Waals surface area contributed by atoms with Crippen molar-refractivity contribution in [2.45, 2.75) is 17.6 Å². The lowest BCUT2D eigenvalue weighted by atomic mass is 10.1. The molecule has 9 heteroatoms. The van der Waals surface area contributed by atoms with Gasteiger partial charge in [0.25, 0.3) is 5.91 Å². The fourth-order valence-electron chi connectivity index (χ4n) is 2.22.